The van der Waals surface area contributed by atoms with E-state index in [0.717, 1.165) is 5.56 Å². The van der Waals surface area contributed by atoms with Crippen LogP contribution in [0.2, 0.25) is 0 Å². The lowest BCUT2D eigenvalue weighted by Crippen LogP contribution is -2.40. The minimum atomic E-state index is -3.61. The first-order chi connectivity index (χ1) is 14.5. The molecule has 0 spiro atoms. The molecule has 1 aliphatic heterocycles. The lowest BCUT2D eigenvalue weighted by atomic mass is 10.2. The minimum Gasteiger partial charge on any atom is -0.407 e. The molecule has 1 saturated heterocycles. The predicted molar refractivity (Wildman–Crippen MR) is 108 cm³/mol. The number of amides is 1. The van der Waals surface area contributed by atoms with Crippen molar-refractivity contribution >= 4 is 21.9 Å². The van der Waals surface area contributed by atoms with Gasteiger partial charge in [-0.25, -0.2) is 8.42 Å². The molecule has 1 fully saturated rings. The summed E-state index contributed by atoms with van der Waals surface area (Å²) in [7, 11) is -3.61. The van der Waals surface area contributed by atoms with Crippen LogP contribution in [0.1, 0.15) is 21.8 Å². The highest BCUT2D eigenvalue weighted by Crippen LogP contribution is 2.18. The second-order valence-corrected chi connectivity index (χ2v) is 8.60. The fourth-order valence-electron chi connectivity index (χ4n) is 3.03. The summed E-state index contributed by atoms with van der Waals surface area (Å²) < 4.78 is 37.3. The molecule has 4 rings (SSSR count). The zero-order chi connectivity index (χ0) is 21.0. The molecular weight excluding hydrogens is 408 g/mol. The van der Waals surface area contributed by atoms with Gasteiger partial charge in [0.25, 0.3) is 5.91 Å². The number of carbonyl (C=O) groups excluding carboxylic acids is 1. The monoisotopic (exact) mass is 428 g/mol. The van der Waals surface area contributed by atoms with Crippen LogP contribution in [0.3, 0.4) is 0 Å². The number of nitrogens with one attached hydrogen (secondary N) is 1. The zero-order valence-corrected chi connectivity index (χ0v) is 16.8. The topological polar surface area (TPSA) is 115 Å². The maximum atomic E-state index is 12.6. The Morgan fingerprint density at radius 1 is 1.00 bits per heavy atom. The maximum absolute atomic E-state index is 12.6. The number of rotatable bonds is 6. The second kappa shape index (κ2) is 8.74. The van der Waals surface area contributed by atoms with Crippen molar-refractivity contribution in [2.75, 3.05) is 31.6 Å². The zero-order valence-electron chi connectivity index (χ0n) is 16.0. The number of aromatic nitrogens is 2. The minimum absolute atomic E-state index is 0.0176. The van der Waals surface area contributed by atoms with E-state index in [1.165, 1.54) is 28.6 Å². The first-order valence-corrected chi connectivity index (χ1v) is 10.8. The van der Waals surface area contributed by atoms with Gasteiger partial charge in [0.15, 0.2) is 0 Å². The lowest BCUT2D eigenvalue weighted by Gasteiger charge is -2.26. The van der Waals surface area contributed by atoms with Crippen molar-refractivity contribution in [1.82, 2.24) is 14.5 Å². The van der Waals surface area contributed by atoms with Crippen LogP contribution in [0.5, 0.6) is 0 Å². The number of hydrogen-bond donors (Lipinski definition) is 1. The Balaban J connectivity index is 1.40. The van der Waals surface area contributed by atoms with Crippen molar-refractivity contribution in [3.63, 3.8) is 0 Å². The molecule has 1 aromatic heterocycles. The molecule has 0 atom stereocenters. The molecule has 1 amide bonds. The first kappa shape index (κ1) is 20.2. The molecule has 1 N–H and O–H groups in total. The van der Waals surface area contributed by atoms with Crippen LogP contribution in [-0.2, 0) is 21.2 Å². The van der Waals surface area contributed by atoms with Crippen LogP contribution in [0, 0.1) is 0 Å². The largest absolute Gasteiger partial charge is 0.407 e. The van der Waals surface area contributed by atoms with Crippen molar-refractivity contribution in [3.8, 4) is 0 Å². The number of carbonyl (C=O) groups is 1. The van der Waals surface area contributed by atoms with E-state index in [1.807, 2.05) is 30.3 Å². The van der Waals surface area contributed by atoms with Crippen molar-refractivity contribution in [2.45, 2.75) is 11.3 Å². The molecule has 0 unspecified atom stereocenters. The summed E-state index contributed by atoms with van der Waals surface area (Å²) in [5, 5.41) is 10.3. The number of morpholine rings is 1. The molecule has 30 heavy (non-hydrogen) atoms. The van der Waals surface area contributed by atoms with Crippen LogP contribution < -0.4 is 5.32 Å². The number of sulfonamides is 1. The second-order valence-electron chi connectivity index (χ2n) is 6.66. The Morgan fingerprint density at radius 2 is 1.70 bits per heavy atom. The van der Waals surface area contributed by atoms with Crippen LogP contribution in [0.15, 0.2) is 63.9 Å². The van der Waals surface area contributed by atoms with Crippen molar-refractivity contribution in [1.29, 1.82) is 0 Å². The summed E-state index contributed by atoms with van der Waals surface area (Å²) in [6.07, 6.45) is 0.456. The Kier molecular flexibility index (Phi) is 5.88. The third kappa shape index (κ3) is 4.56. The molecule has 9 nitrogen and oxygen atoms in total. The van der Waals surface area contributed by atoms with Crippen LogP contribution in [0.25, 0.3) is 0 Å². The molecule has 0 radical (unpaired) electrons. The average Bonchev–Trinajstić information content (AvgIpc) is 3.21. The highest BCUT2D eigenvalue weighted by atomic mass is 32.2. The first-order valence-electron chi connectivity index (χ1n) is 9.38. The number of benzene rings is 2. The summed E-state index contributed by atoms with van der Waals surface area (Å²) in [6.45, 7) is 1.37. The molecule has 156 valence electrons. The van der Waals surface area contributed by atoms with Gasteiger partial charge < -0.3 is 9.15 Å². The fraction of sp³-hybridized carbons (Fsp3) is 0.250. The number of ether oxygens (including phenoxy) is 1. The maximum Gasteiger partial charge on any atom is 0.322 e. The van der Waals surface area contributed by atoms with Gasteiger partial charge in [-0.2, -0.15) is 4.31 Å². The van der Waals surface area contributed by atoms with Crippen molar-refractivity contribution in [2.24, 2.45) is 0 Å². The molecule has 10 heteroatoms. The lowest BCUT2D eigenvalue weighted by molar-refractivity contribution is 0.0730. The van der Waals surface area contributed by atoms with Gasteiger partial charge in [0.2, 0.25) is 15.9 Å². The van der Waals surface area contributed by atoms with Gasteiger partial charge in [0, 0.05) is 18.7 Å². The van der Waals surface area contributed by atoms with E-state index in [1.54, 1.807) is 0 Å². The van der Waals surface area contributed by atoms with E-state index >= 15 is 0 Å². The van der Waals surface area contributed by atoms with E-state index in [4.69, 9.17) is 9.15 Å². The normalized spacial score (nSPS) is 15.1. The van der Waals surface area contributed by atoms with E-state index in [0.29, 0.717) is 38.6 Å². The predicted octanol–water partition coefficient (Wildman–Crippen LogP) is 1.93. The van der Waals surface area contributed by atoms with E-state index in [-0.39, 0.29) is 16.5 Å². The summed E-state index contributed by atoms with van der Waals surface area (Å²) in [5.41, 5.74) is 1.29. The molecule has 2 aromatic carbocycles. The Bertz CT molecular complexity index is 1110. The Labute approximate surface area is 173 Å². The Hall–Kier alpha value is -3.08. The molecule has 1 aliphatic rings. The van der Waals surface area contributed by atoms with Crippen molar-refractivity contribution < 1.29 is 22.4 Å². The SMILES string of the molecule is O=C(Nc1nnc(Cc2ccccc2)o1)c1ccc(S(=O)(=O)N2CCOCC2)cc1. The van der Waals surface area contributed by atoms with Gasteiger partial charge in [-0.05, 0) is 29.8 Å². The summed E-state index contributed by atoms with van der Waals surface area (Å²) in [5.74, 6) is -0.0938. The summed E-state index contributed by atoms with van der Waals surface area (Å²) in [6, 6.07) is 15.3. The third-order valence-electron chi connectivity index (χ3n) is 4.61. The molecule has 2 heterocycles. The van der Waals surface area contributed by atoms with Crippen LogP contribution >= 0.6 is 0 Å². The summed E-state index contributed by atoms with van der Waals surface area (Å²) >= 11 is 0. The molecule has 0 bridgehead atoms. The highest BCUT2D eigenvalue weighted by molar-refractivity contribution is 7.89. The van der Waals surface area contributed by atoms with E-state index in [2.05, 4.69) is 15.5 Å². The number of anilines is 1. The smallest absolute Gasteiger partial charge is 0.322 e. The van der Waals surface area contributed by atoms with E-state index < -0.39 is 15.9 Å². The molecule has 0 saturated carbocycles. The van der Waals surface area contributed by atoms with Gasteiger partial charge in [-0.3, -0.25) is 10.1 Å². The van der Waals surface area contributed by atoms with Gasteiger partial charge in [-0.1, -0.05) is 35.4 Å². The fourth-order valence-corrected chi connectivity index (χ4v) is 4.44. The quantitative estimate of drug-likeness (QED) is 0.638. The third-order valence-corrected chi connectivity index (χ3v) is 6.52. The van der Waals surface area contributed by atoms with Gasteiger partial charge >= 0.3 is 6.01 Å². The van der Waals surface area contributed by atoms with E-state index in [9.17, 15) is 13.2 Å². The number of nitrogens with zero attached hydrogens (tertiary/aromatic N) is 3. The van der Waals surface area contributed by atoms with Gasteiger partial charge in [-0.15, -0.1) is 5.10 Å². The standard InChI is InChI=1S/C20H20N4O5S/c25-19(21-20-23-22-18(29-20)14-15-4-2-1-3-5-15)16-6-8-17(9-7-16)30(26,27)24-10-12-28-13-11-24/h1-9H,10-14H2,(H,21,23,25). The van der Waals surface area contributed by atoms with Gasteiger partial charge in [0.1, 0.15) is 0 Å². The van der Waals surface area contributed by atoms with Crippen molar-refractivity contribution in [3.05, 3.63) is 71.6 Å². The molecule has 0 aliphatic carbocycles. The molecule has 3 aromatic rings. The highest BCUT2D eigenvalue weighted by Gasteiger charge is 2.26. The van der Waals surface area contributed by atoms with Crippen LogP contribution in [-0.4, -0.2) is 55.1 Å². The Morgan fingerprint density at radius 3 is 2.40 bits per heavy atom. The average molecular weight is 428 g/mol. The number of hydrogen-bond acceptors (Lipinski definition) is 7. The van der Waals surface area contributed by atoms with Gasteiger partial charge in [0.05, 0.1) is 24.5 Å². The summed E-state index contributed by atoms with van der Waals surface area (Å²) in [4.78, 5) is 12.6. The van der Waals surface area contributed by atoms with Crippen LogP contribution in [0.4, 0.5) is 6.01 Å². The molecular formula is C20H20N4O5S.